The van der Waals surface area contributed by atoms with E-state index in [1.807, 2.05) is 25.3 Å². The molecule has 2 rings (SSSR count). The van der Waals surface area contributed by atoms with Crippen LogP contribution in [0.2, 0.25) is 0 Å². The minimum absolute atomic E-state index is 0.102. The average Bonchev–Trinajstić information content (AvgIpc) is 2.56. The molecule has 0 aliphatic carbocycles. The van der Waals surface area contributed by atoms with Gasteiger partial charge in [0.05, 0.1) is 10.6 Å². The Kier molecular flexibility index (Phi) is 6.13. The third-order valence-corrected chi connectivity index (χ3v) is 5.74. The molecule has 0 aliphatic heterocycles. The SMILES string of the molecule is CSc1ccc(S(=O)(=O)Nc2ccc(C)cc2)cc1NC(=O)C(C)C. The highest BCUT2D eigenvalue weighted by molar-refractivity contribution is 7.98. The average molecular weight is 379 g/mol. The zero-order chi connectivity index (χ0) is 18.6. The van der Waals surface area contributed by atoms with Crippen molar-refractivity contribution in [2.75, 3.05) is 16.3 Å². The monoisotopic (exact) mass is 378 g/mol. The number of sulfonamides is 1. The Morgan fingerprint density at radius 2 is 1.72 bits per heavy atom. The van der Waals surface area contributed by atoms with Crippen LogP contribution in [0.5, 0.6) is 0 Å². The smallest absolute Gasteiger partial charge is 0.261 e. The summed E-state index contributed by atoms with van der Waals surface area (Å²) in [6.07, 6.45) is 1.87. The molecule has 0 fully saturated rings. The van der Waals surface area contributed by atoms with E-state index in [4.69, 9.17) is 0 Å². The third kappa shape index (κ3) is 4.99. The number of amides is 1. The summed E-state index contributed by atoms with van der Waals surface area (Å²) in [5.74, 6) is -0.350. The van der Waals surface area contributed by atoms with Crippen LogP contribution in [0.4, 0.5) is 11.4 Å². The number of benzene rings is 2. The van der Waals surface area contributed by atoms with Gasteiger partial charge in [-0.25, -0.2) is 8.42 Å². The van der Waals surface area contributed by atoms with E-state index in [-0.39, 0.29) is 16.7 Å². The van der Waals surface area contributed by atoms with Gasteiger partial charge in [0.1, 0.15) is 0 Å². The van der Waals surface area contributed by atoms with Gasteiger partial charge in [-0.05, 0) is 43.5 Å². The van der Waals surface area contributed by atoms with E-state index >= 15 is 0 Å². The van der Waals surface area contributed by atoms with Crippen molar-refractivity contribution in [1.29, 1.82) is 0 Å². The summed E-state index contributed by atoms with van der Waals surface area (Å²) in [7, 11) is -3.74. The molecule has 0 heterocycles. The van der Waals surface area contributed by atoms with E-state index in [2.05, 4.69) is 10.0 Å². The number of anilines is 2. The topological polar surface area (TPSA) is 75.3 Å². The Morgan fingerprint density at radius 3 is 2.28 bits per heavy atom. The minimum atomic E-state index is -3.74. The first-order valence-corrected chi connectivity index (χ1v) is 10.5. The lowest BCUT2D eigenvalue weighted by atomic mass is 10.2. The summed E-state index contributed by atoms with van der Waals surface area (Å²) in [6.45, 7) is 5.50. The molecule has 0 spiro atoms. The van der Waals surface area contributed by atoms with Crippen LogP contribution in [0, 0.1) is 12.8 Å². The van der Waals surface area contributed by atoms with Gasteiger partial charge in [-0.3, -0.25) is 9.52 Å². The number of carbonyl (C=O) groups excluding carboxylic acids is 1. The zero-order valence-corrected chi connectivity index (χ0v) is 16.3. The molecule has 2 aromatic carbocycles. The van der Waals surface area contributed by atoms with E-state index in [0.717, 1.165) is 10.5 Å². The molecule has 25 heavy (non-hydrogen) atoms. The molecule has 0 saturated heterocycles. The van der Waals surface area contributed by atoms with Crippen molar-refractivity contribution in [3.05, 3.63) is 48.0 Å². The summed E-state index contributed by atoms with van der Waals surface area (Å²) in [5.41, 5.74) is 2.04. The number of hydrogen-bond acceptors (Lipinski definition) is 4. The number of rotatable bonds is 6. The number of nitrogens with one attached hydrogen (secondary N) is 2. The van der Waals surface area contributed by atoms with Crippen molar-refractivity contribution >= 4 is 39.1 Å². The molecule has 1 amide bonds. The molecule has 0 aliphatic rings. The summed E-state index contributed by atoms with van der Waals surface area (Å²) >= 11 is 1.44. The quantitative estimate of drug-likeness (QED) is 0.742. The molecular weight excluding hydrogens is 356 g/mol. The second-order valence-corrected chi connectivity index (χ2v) is 8.51. The van der Waals surface area contributed by atoms with Crippen molar-refractivity contribution in [2.45, 2.75) is 30.6 Å². The zero-order valence-electron chi connectivity index (χ0n) is 14.7. The molecule has 134 valence electrons. The molecule has 0 atom stereocenters. The maximum absolute atomic E-state index is 12.6. The summed E-state index contributed by atoms with van der Waals surface area (Å²) in [5, 5.41) is 2.79. The number of aryl methyl sites for hydroxylation is 1. The van der Waals surface area contributed by atoms with Gasteiger partial charge in [0.15, 0.2) is 0 Å². The van der Waals surface area contributed by atoms with Crippen molar-refractivity contribution in [3.8, 4) is 0 Å². The van der Waals surface area contributed by atoms with Gasteiger partial charge in [0.25, 0.3) is 10.0 Å². The molecular formula is C18H22N2O3S2. The van der Waals surface area contributed by atoms with Gasteiger partial charge < -0.3 is 5.32 Å². The van der Waals surface area contributed by atoms with Crippen LogP contribution in [-0.4, -0.2) is 20.6 Å². The standard InChI is InChI=1S/C18H22N2O3S2/c1-12(2)18(21)19-16-11-15(9-10-17(16)24-4)25(22,23)20-14-7-5-13(3)6-8-14/h5-12,20H,1-4H3,(H,19,21). The Morgan fingerprint density at radius 1 is 1.08 bits per heavy atom. The maximum Gasteiger partial charge on any atom is 0.261 e. The van der Waals surface area contributed by atoms with Crippen LogP contribution in [0.15, 0.2) is 52.3 Å². The van der Waals surface area contributed by atoms with E-state index in [0.29, 0.717) is 11.4 Å². The first kappa shape index (κ1) is 19.3. The molecule has 5 nitrogen and oxygen atoms in total. The van der Waals surface area contributed by atoms with Gasteiger partial charge in [-0.1, -0.05) is 31.5 Å². The van der Waals surface area contributed by atoms with Crippen LogP contribution in [0.3, 0.4) is 0 Å². The first-order valence-electron chi connectivity index (χ1n) is 7.81. The van der Waals surface area contributed by atoms with Crippen LogP contribution >= 0.6 is 11.8 Å². The van der Waals surface area contributed by atoms with Crippen molar-refractivity contribution in [2.24, 2.45) is 5.92 Å². The minimum Gasteiger partial charge on any atom is -0.325 e. The van der Waals surface area contributed by atoms with Gasteiger partial charge >= 0.3 is 0 Å². The molecule has 2 N–H and O–H groups in total. The van der Waals surface area contributed by atoms with Crippen LogP contribution in [0.25, 0.3) is 0 Å². The molecule has 2 aromatic rings. The Hall–Kier alpha value is -1.99. The van der Waals surface area contributed by atoms with Gasteiger partial charge in [-0.2, -0.15) is 0 Å². The van der Waals surface area contributed by atoms with Gasteiger partial charge in [-0.15, -0.1) is 11.8 Å². The lowest BCUT2D eigenvalue weighted by Crippen LogP contribution is -2.19. The van der Waals surface area contributed by atoms with E-state index in [9.17, 15) is 13.2 Å². The second kappa shape index (κ2) is 7.93. The number of hydrogen-bond donors (Lipinski definition) is 2. The fourth-order valence-corrected chi connectivity index (χ4v) is 3.68. The number of thioether (sulfide) groups is 1. The van der Waals surface area contributed by atoms with Crippen molar-refractivity contribution in [1.82, 2.24) is 0 Å². The highest BCUT2D eigenvalue weighted by Crippen LogP contribution is 2.29. The fourth-order valence-electron chi connectivity index (χ4n) is 2.06. The van der Waals surface area contributed by atoms with Crippen LogP contribution in [0.1, 0.15) is 19.4 Å². The molecule has 0 unspecified atom stereocenters. The molecule has 7 heteroatoms. The van der Waals surface area contributed by atoms with Crippen molar-refractivity contribution in [3.63, 3.8) is 0 Å². The predicted molar refractivity (Wildman–Crippen MR) is 104 cm³/mol. The lowest BCUT2D eigenvalue weighted by Gasteiger charge is -2.14. The third-order valence-electron chi connectivity index (χ3n) is 3.57. The Balaban J connectivity index is 2.34. The van der Waals surface area contributed by atoms with Gasteiger partial charge in [0, 0.05) is 16.5 Å². The van der Waals surface area contributed by atoms with E-state index in [1.165, 1.54) is 23.9 Å². The summed E-state index contributed by atoms with van der Waals surface area (Å²) in [6, 6.07) is 11.8. The lowest BCUT2D eigenvalue weighted by molar-refractivity contribution is -0.118. The highest BCUT2D eigenvalue weighted by atomic mass is 32.2. The van der Waals surface area contributed by atoms with Crippen LogP contribution in [-0.2, 0) is 14.8 Å². The summed E-state index contributed by atoms with van der Waals surface area (Å²) in [4.78, 5) is 12.9. The van der Waals surface area contributed by atoms with Crippen LogP contribution < -0.4 is 10.0 Å². The van der Waals surface area contributed by atoms with E-state index in [1.54, 1.807) is 32.0 Å². The fraction of sp³-hybridized carbons (Fsp3) is 0.278. The molecule has 0 saturated carbocycles. The summed E-state index contributed by atoms with van der Waals surface area (Å²) < 4.78 is 27.8. The maximum atomic E-state index is 12.6. The normalized spacial score (nSPS) is 11.4. The second-order valence-electron chi connectivity index (χ2n) is 5.98. The Labute approximate surface area is 153 Å². The van der Waals surface area contributed by atoms with Gasteiger partial charge in [0.2, 0.25) is 5.91 Å². The predicted octanol–water partition coefficient (Wildman–Crippen LogP) is 4.11. The largest absolute Gasteiger partial charge is 0.325 e. The van der Waals surface area contributed by atoms with E-state index < -0.39 is 10.0 Å². The Bertz CT molecular complexity index is 860. The number of carbonyl (C=O) groups is 1. The molecule has 0 aromatic heterocycles. The molecule has 0 bridgehead atoms. The highest BCUT2D eigenvalue weighted by Gasteiger charge is 2.18. The molecule has 0 radical (unpaired) electrons. The first-order chi connectivity index (χ1) is 11.7. The van der Waals surface area contributed by atoms with Crippen molar-refractivity contribution < 1.29 is 13.2 Å².